The van der Waals surface area contributed by atoms with Crippen molar-refractivity contribution in [3.63, 3.8) is 0 Å². The highest BCUT2D eigenvalue weighted by molar-refractivity contribution is 5.87. The van der Waals surface area contributed by atoms with Gasteiger partial charge in [0.1, 0.15) is 0 Å². The molecule has 0 fully saturated rings. The molecule has 1 aromatic heterocycles. The third-order valence-electron chi connectivity index (χ3n) is 3.29. The molecule has 5 heteroatoms. The summed E-state index contributed by atoms with van der Waals surface area (Å²) in [6, 6.07) is 7.12. The lowest BCUT2D eigenvalue weighted by Gasteiger charge is -2.12. The van der Waals surface area contributed by atoms with Gasteiger partial charge in [0.15, 0.2) is 0 Å². The van der Waals surface area contributed by atoms with E-state index in [0.717, 1.165) is 17.7 Å². The molecule has 20 heavy (non-hydrogen) atoms. The first-order valence-electron chi connectivity index (χ1n) is 6.68. The van der Waals surface area contributed by atoms with E-state index in [1.807, 2.05) is 29.2 Å². The number of hydrogen-bond donors (Lipinski definition) is 2. The second kappa shape index (κ2) is 6.34. The SMILES string of the molecule is CCn1cc(C(C)NCc2ccc(C(=O)O)cc2)cn1. The molecule has 1 heterocycles. The van der Waals surface area contributed by atoms with Crippen LogP contribution in [0.2, 0.25) is 0 Å². The number of nitrogens with one attached hydrogen (secondary N) is 1. The maximum Gasteiger partial charge on any atom is 0.335 e. The Morgan fingerprint density at radius 1 is 1.40 bits per heavy atom. The van der Waals surface area contributed by atoms with Crippen LogP contribution in [0.1, 0.15) is 41.4 Å². The average Bonchev–Trinajstić information content (AvgIpc) is 2.94. The summed E-state index contributed by atoms with van der Waals surface area (Å²) in [4.78, 5) is 10.8. The zero-order valence-electron chi connectivity index (χ0n) is 11.7. The molecule has 2 rings (SSSR count). The number of aryl methyl sites for hydroxylation is 1. The number of benzene rings is 1. The number of carbonyl (C=O) groups is 1. The molecule has 0 bridgehead atoms. The number of rotatable bonds is 6. The lowest BCUT2D eigenvalue weighted by atomic mass is 10.1. The highest BCUT2D eigenvalue weighted by Gasteiger charge is 2.08. The normalized spacial score (nSPS) is 12.3. The predicted molar refractivity (Wildman–Crippen MR) is 76.6 cm³/mol. The van der Waals surface area contributed by atoms with Crippen LogP contribution in [0.4, 0.5) is 0 Å². The molecular formula is C15H19N3O2. The highest BCUT2D eigenvalue weighted by atomic mass is 16.4. The summed E-state index contributed by atoms with van der Waals surface area (Å²) < 4.78 is 1.90. The maximum atomic E-state index is 10.8. The van der Waals surface area contributed by atoms with Gasteiger partial charge in [0.2, 0.25) is 0 Å². The van der Waals surface area contributed by atoms with Crippen molar-refractivity contribution in [1.29, 1.82) is 0 Å². The van der Waals surface area contributed by atoms with Gasteiger partial charge in [-0.1, -0.05) is 12.1 Å². The Morgan fingerprint density at radius 2 is 2.10 bits per heavy atom. The van der Waals surface area contributed by atoms with Crippen LogP contribution in [0.15, 0.2) is 36.7 Å². The van der Waals surface area contributed by atoms with E-state index in [1.165, 1.54) is 0 Å². The summed E-state index contributed by atoms with van der Waals surface area (Å²) in [5.74, 6) is -0.898. The standard InChI is InChI=1S/C15H19N3O2/c1-3-18-10-14(9-17-18)11(2)16-8-12-4-6-13(7-5-12)15(19)20/h4-7,9-11,16H,3,8H2,1-2H3,(H,19,20). The van der Waals surface area contributed by atoms with Gasteiger partial charge in [0.05, 0.1) is 11.8 Å². The Labute approximate surface area is 118 Å². The molecule has 0 spiro atoms. The van der Waals surface area contributed by atoms with Crippen LogP contribution < -0.4 is 5.32 Å². The van der Waals surface area contributed by atoms with Gasteiger partial charge in [0, 0.05) is 30.9 Å². The Bertz CT molecular complexity index is 575. The third kappa shape index (κ3) is 3.45. The van der Waals surface area contributed by atoms with Crippen LogP contribution in [0, 0.1) is 0 Å². The lowest BCUT2D eigenvalue weighted by molar-refractivity contribution is 0.0697. The molecule has 0 saturated heterocycles. The lowest BCUT2D eigenvalue weighted by Crippen LogP contribution is -2.17. The molecule has 5 nitrogen and oxygen atoms in total. The smallest absolute Gasteiger partial charge is 0.335 e. The summed E-state index contributed by atoms with van der Waals surface area (Å²) in [6.07, 6.45) is 3.90. The third-order valence-corrected chi connectivity index (χ3v) is 3.29. The van der Waals surface area contributed by atoms with Crippen molar-refractivity contribution in [3.8, 4) is 0 Å². The van der Waals surface area contributed by atoms with E-state index in [0.29, 0.717) is 12.1 Å². The molecule has 0 aliphatic rings. The molecule has 0 saturated carbocycles. The monoisotopic (exact) mass is 273 g/mol. The Kier molecular flexibility index (Phi) is 4.53. The van der Waals surface area contributed by atoms with Gasteiger partial charge in [-0.15, -0.1) is 0 Å². The van der Waals surface area contributed by atoms with E-state index in [-0.39, 0.29) is 6.04 Å². The van der Waals surface area contributed by atoms with E-state index >= 15 is 0 Å². The Morgan fingerprint density at radius 3 is 2.65 bits per heavy atom. The van der Waals surface area contributed by atoms with Crippen molar-refractivity contribution >= 4 is 5.97 Å². The first-order chi connectivity index (χ1) is 9.60. The van der Waals surface area contributed by atoms with Gasteiger partial charge >= 0.3 is 5.97 Å². The van der Waals surface area contributed by atoms with Crippen LogP contribution in [0.25, 0.3) is 0 Å². The molecule has 1 aromatic carbocycles. The number of aromatic carboxylic acids is 1. The zero-order valence-corrected chi connectivity index (χ0v) is 11.7. The van der Waals surface area contributed by atoms with E-state index < -0.39 is 5.97 Å². The summed E-state index contributed by atoms with van der Waals surface area (Å²) in [7, 11) is 0. The zero-order chi connectivity index (χ0) is 14.5. The first-order valence-corrected chi connectivity index (χ1v) is 6.68. The summed E-state index contributed by atoms with van der Waals surface area (Å²) >= 11 is 0. The number of aromatic nitrogens is 2. The quantitative estimate of drug-likeness (QED) is 0.848. The van der Waals surface area contributed by atoms with Crippen molar-refractivity contribution in [1.82, 2.24) is 15.1 Å². The van der Waals surface area contributed by atoms with Crippen molar-refractivity contribution in [2.24, 2.45) is 0 Å². The van der Waals surface area contributed by atoms with Crippen molar-refractivity contribution in [2.45, 2.75) is 33.0 Å². The van der Waals surface area contributed by atoms with Gasteiger partial charge in [-0.25, -0.2) is 4.79 Å². The molecule has 1 unspecified atom stereocenters. The summed E-state index contributed by atoms with van der Waals surface area (Å²) in [5, 5.41) is 16.5. The van der Waals surface area contributed by atoms with Crippen LogP contribution in [-0.2, 0) is 13.1 Å². The van der Waals surface area contributed by atoms with E-state index in [4.69, 9.17) is 5.11 Å². The van der Waals surface area contributed by atoms with Gasteiger partial charge in [-0.3, -0.25) is 4.68 Å². The fourth-order valence-electron chi connectivity index (χ4n) is 1.93. The minimum absolute atomic E-state index is 0.203. The van der Waals surface area contributed by atoms with Crippen LogP contribution in [-0.4, -0.2) is 20.9 Å². The average molecular weight is 273 g/mol. The molecule has 2 N–H and O–H groups in total. The van der Waals surface area contributed by atoms with Gasteiger partial charge in [-0.05, 0) is 31.5 Å². The van der Waals surface area contributed by atoms with Crippen molar-refractivity contribution in [3.05, 3.63) is 53.3 Å². The number of nitrogens with zero attached hydrogens (tertiary/aromatic N) is 2. The largest absolute Gasteiger partial charge is 0.478 e. The Balaban J connectivity index is 1.92. The van der Waals surface area contributed by atoms with Crippen molar-refractivity contribution < 1.29 is 9.90 Å². The number of carboxylic acids is 1. The summed E-state index contributed by atoms with van der Waals surface area (Å²) in [5.41, 5.74) is 2.52. The maximum absolute atomic E-state index is 10.8. The molecule has 2 aromatic rings. The highest BCUT2D eigenvalue weighted by Crippen LogP contribution is 2.12. The van der Waals surface area contributed by atoms with Gasteiger partial charge in [-0.2, -0.15) is 5.10 Å². The Hall–Kier alpha value is -2.14. The second-order valence-electron chi connectivity index (χ2n) is 4.73. The predicted octanol–water partition coefficient (Wildman–Crippen LogP) is 2.45. The van der Waals surface area contributed by atoms with E-state index in [9.17, 15) is 4.79 Å². The molecular weight excluding hydrogens is 254 g/mol. The van der Waals surface area contributed by atoms with E-state index in [1.54, 1.807) is 12.1 Å². The van der Waals surface area contributed by atoms with Gasteiger partial charge < -0.3 is 10.4 Å². The van der Waals surface area contributed by atoms with Crippen LogP contribution in [0.5, 0.6) is 0 Å². The fourth-order valence-corrected chi connectivity index (χ4v) is 1.93. The van der Waals surface area contributed by atoms with Crippen LogP contribution >= 0.6 is 0 Å². The van der Waals surface area contributed by atoms with Crippen molar-refractivity contribution in [2.75, 3.05) is 0 Å². The first kappa shape index (κ1) is 14.3. The number of hydrogen-bond acceptors (Lipinski definition) is 3. The molecule has 0 amide bonds. The summed E-state index contributed by atoms with van der Waals surface area (Å²) in [6.45, 7) is 5.70. The number of carboxylic acid groups (broad SMARTS) is 1. The molecule has 1 atom stereocenters. The second-order valence-corrected chi connectivity index (χ2v) is 4.73. The van der Waals surface area contributed by atoms with E-state index in [2.05, 4.69) is 24.3 Å². The minimum Gasteiger partial charge on any atom is -0.478 e. The van der Waals surface area contributed by atoms with Crippen LogP contribution in [0.3, 0.4) is 0 Å². The topological polar surface area (TPSA) is 67.2 Å². The molecule has 0 aliphatic heterocycles. The van der Waals surface area contributed by atoms with Gasteiger partial charge in [0.25, 0.3) is 0 Å². The molecule has 106 valence electrons. The minimum atomic E-state index is -0.898. The fraction of sp³-hybridized carbons (Fsp3) is 0.333. The molecule has 0 aliphatic carbocycles. The molecule has 0 radical (unpaired) electrons.